The number of nitrogens with zero attached hydrogens (tertiary/aromatic N) is 1. The first-order chi connectivity index (χ1) is 19.0. The van der Waals surface area contributed by atoms with Crippen LogP contribution in [0.4, 0.5) is 0 Å². The first-order valence-corrected chi connectivity index (χ1v) is 12.5. The van der Waals surface area contributed by atoms with Crippen LogP contribution >= 0.6 is 0 Å². The molecular formula is C23H31N5O12. The highest BCUT2D eigenvalue weighted by Gasteiger charge is 2.52. The van der Waals surface area contributed by atoms with Gasteiger partial charge in [-0.05, 0) is 25.3 Å². The highest BCUT2D eigenvalue weighted by atomic mass is 16.7. The lowest BCUT2D eigenvalue weighted by Gasteiger charge is -2.35. The molecule has 9 atom stereocenters. The number of nitrogens with two attached hydrogens (primary N) is 1. The fourth-order valence-electron chi connectivity index (χ4n) is 4.69. The molecule has 4 rings (SSSR count). The average Bonchev–Trinajstić information content (AvgIpc) is 3.08. The van der Waals surface area contributed by atoms with Gasteiger partial charge < -0.3 is 50.6 Å². The third-order valence-electron chi connectivity index (χ3n) is 6.76. The summed E-state index contributed by atoms with van der Waals surface area (Å²) < 4.78 is 22.9. The molecule has 2 fully saturated rings. The van der Waals surface area contributed by atoms with Gasteiger partial charge >= 0.3 is 5.69 Å². The molecule has 17 heteroatoms. The Morgan fingerprint density at radius 2 is 1.95 bits per heavy atom. The van der Waals surface area contributed by atoms with Gasteiger partial charge in [0.2, 0.25) is 18.1 Å². The average molecular weight is 570 g/mol. The van der Waals surface area contributed by atoms with E-state index in [1.807, 2.05) is 4.98 Å². The van der Waals surface area contributed by atoms with E-state index in [-0.39, 0.29) is 5.91 Å². The predicted octanol–water partition coefficient (Wildman–Crippen LogP) is -4.57. The first-order valence-electron chi connectivity index (χ1n) is 12.5. The van der Waals surface area contributed by atoms with Gasteiger partial charge in [-0.1, -0.05) is 0 Å². The normalized spacial score (nSPS) is 33.2. The Morgan fingerprint density at radius 1 is 1.20 bits per heavy atom. The van der Waals surface area contributed by atoms with Crippen molar-refractivity contribution in [3.05, 3.63) is 44.9 Å². The van der Waals surface area contributed by atoms with Gasteiger partial charge in [0.1, 0.15) is 36.6 Å². The van der Waals surface area contributed by atoms with Crippen LogP contribution in [0.15, 0.2) is 33.7 Å². The molecule has 0 saturated carbocycles. The van der Waals surface area contributed by atoms with Crippen LogP contribution in [0.2, 0.25) is 0 Å². The van der Waals surface area contributed by atoms with E-state index in [1.165, 1.54) is 7.11 Å². The minimum Gasteiger partial charge on any atom is -0.456 e. The lowest BCUT2D eigenvalue weighted by atomic mass is 10.0. The van der Waals surface area contributed by atoms with Crippen molar-refractivity contribution in [1.82, 2.24) is 20.2 Å². The summed E-state index contributed by atoms with van der Waals surface area (Å²) in [6.45, 7) is 0.470. The Bertz CT molecular complexity index is 1260. The molecule has 4 heterocycles. The SMILES string of the molecule is CO[C@H]1[C@@H](O)[C@H](n2ccc(=O)[nH]c2=O)O[C@@H]1[C@H](O[C@H]1OC(C(=O)N[C@H]2CCCCNC2=O)=C[C@H](O)[C@@H]1O)C(N)=O. The summed E-state index contributed by atoms with van der Waals surface area (Å²) in [5, 5.41) is 36.8. The summed E-state index contributed by atoms with van der Waals surface area (Å²) in [4.78, 5) is 63.2. The molecule has 0 radical (unpaired) electrons. The van der Waals surface area contributed by atoms with Crippen LogP contribution in [0.1, 0.15) is 25.5 Å². The van der Waals surface area contributed by atoms with Gasteiger partial charge in [-0.3, -0.25) is 28.7 Å². The largest absolute Gasteiger partial charge is 0.456 e. The molecule has 0 aromatic carbocycles. The molecule has 40 heavy (non-hydrogen) atoms. The maximum Gasteiger partial charge on any atom is 0.330 e. The number of aromatic amines is 1. The summed E-state index contributed by atoms with van der Waals surface area (Å²) >= 11 is 0. The van der Waals surface area contributed by atoms with Crippen molar-refractivity contribution in [2.45, 2.75) is 74.4 Å². The third kappa shape index (κ3) is 6.08. The number of amides is 3. The van der Waals surface area contributed by atoms with E-state index in [0.29, 0.717) is 19.4 Å². The van der Waals surface area contributed by atoms with Crippen molar-refractivity contribution in [1.29, 1.82) is 0 Å². The minimum absolute atomic E-state index is 0.374. The van der Waals surface area contributed by atoms with E-state index >= 15 is 0 Å². The van der Waals surface area contributed by atoms with Crippen LogP contribution in [-0.2, 0) is 33.3 Å². The molecular weight excluding hydrogens is 538 g/mol. The lowest BCUT2D eigenvalue weighted by molar-refractivity contribution is -0.241. The molecule has 0 bridgehead atoms. The number of carbonyl (C=O) groups excluding carboxylic acids is 3. The van der Waals surface area contributed by atoms with Crippen LogP contribution in [-0.4, -0.2) is 105 Å². The molecule has 0 spiro atoms. The highest BCUT2D eigenvalue weighted by molar-refractivity contribution is 5.95. The number of nitrogens with one attached hydrogen (secondary N) is 3. The Kier molecular flexibility index (Phi) is 9.02. The van der Waals surface area contributed by atoms with Crippen molar-refractivity contribution in [2.75, 3.05) is 13.7 Å². The van der Waals surface area contributed by atoms with Gasteiger partial charge in [0.25, 0.3) is 11.5 Å². The summed E-state index contributed by atoms with van der Waals surface area (Å²) in [6.07, 6.45) is -9.13. The maximum atomic E-state index is 12.8. The maximum absolute atomic E-state index is 12.8. The number of rotatable bonds is 8. The van der Waals surface area contributed by atoms with Crippen LogP contribution < -0.4 is 27.6 Å². The molecule has 8 N–H and O–H groups in total. The summed E-state index contributed by atoms with van der Waals surface area (Å²) in [7, 11) is 1.19. The van der Waals surface area contributed by atoms with E-state index in [1.54, 1.807) is 0 Å². The summed E-state index contributed by atoms with van der Waals surface area (Å²) in [6, 6.07) is 0.158. The second-order valence-electron chi connectivity index (χ2n) is 9.47. The number of aliphatic hydroxyl groups is 3. The molecule has 17 nitrogen and oxygen atoms in total. The molecule has 2 saturated heterocycles. The van der Waals surface area contributed by atoms with Crippen molar-refractivity contribution >= 4 is 17.7 Å². The topological polar surface area (TPSA) is 254 Å². The molecule has 1 aromatic heterocycles. The van der Waals surface area contributed by atoms with Gasteiger partial charge in [0.15, 0.2) is 18.1 Å². The van der Waals surface area contributed by atoms with E-state index in [9.17, 15) is 39.3 Å². The standard InChI is InChI=1S/C23H31N5O12/c1-37-15-14(32)21(28-7-5-12(30)27-23(28)36)39-16(15)17(18(24)33)40-22-13(31)10(29)8-11(38-22)20(35)26-9-4-2-3-6-25-19(9)34/h5,7-10,13-17,21-22,29,31-32H,2-4,6H2,1H3,(H2,24,33)(H,25,34)(H,26,35)(H,27,30,36)/t9-,10-,13-,14+,15-,16-,17-,21+,22+/m0/s1. The Morgan fingerprint density at radius 3 is 2.62 bits per heavy atom. The van der Waals surface area contributed by atoms with Gasteiger partial charge in [0, 0.05) is 25.9 Å². The van der Waals surface area contributed by atoms with Crippen LogP contribution in [0.25, 0.3) is 0 Å². The Labute approximate surface area is 225 Å². The van der Waals surface area contributed by atoms with Crippen molar-refractivity contribution in [3.8, 4) is 0 Å². The van der Waals surface area contributed by atoms with Crippen LogP contribution in [0.5, 0.6) is 0 Å². The zero-order chi connectivity index (χ0) is 29.1. The Balaban J connectivity index is 1.52. The molecule has 0 unspecified atom stereocenters. The van der Waals surface area contributed by atoms with Crippen molar-refractivity contribution < 1.29 is 48.7 Å². The summed E-state index contributed by atoms with van der Waals surface area (Å²) in [5.41, 5.74) is 3.91. The zero-order valence-electron chi connectivity index (χ0n) is 21.3. The van der Waals surface area contributed by atoms with E-state index in [4.69, 9.17) is 24.7 Å². The number of primary amides is 1. The van der Waals surface area contributed by atoms with E-state index < -0.39 is 84.0 Å². The van der Waals surface area contributed by atoms with Gasteiger partial charge in [-0.2, -0.15) is 0 Å². The number of aromatic nitrogens is 2. The third-order valence-corrected chi connectivity index (χ3v) is 6.76. The summed E-state index contributed by atoms with van der Waals surface area (Å²) in [5.74, 6) is -2.91. The number of aliphatic hydroxyl groups excluding tert-OH is 3. The van der Waals surface area contributed by atoms with E-state index in [2.05, 4.69) is 10.6 Å². The fourth-order valence-corrected chi connectivity index (χ4v) is 4.69. The predicted molar refractivity (Wildman–Crippen MR) is 130 cm³/mol. The number of hydrogen-bond donors (Lipinski definition) is 7. The van der Waals surface area contributed by atoms with Crippen LogP contribution in [0.3, 0.4) is 0 Å². The second kappa shape index (κ2) is 12.3. The van der Waals surface area contributed by atoms with E-state index in [0.717, 1.165) is 29.3 Å². The number of carbonyl (C=O) groups is 3. The van der Waals surface area contributed by atoms with Gasteiger partial charge in [0.05, 0.1) is 0 Å². The molecule has 3 amide bonds. The lowest BCUT2D eigenvalue weighted by Crippen LogP contribution is -2.54. The highest BCUT2D eigenvalue weighted by Crippen LogP contribution is 2.34. The monoisotopic (exact) mass is 569 g/mol. The molecule has 220 valence electrons. The Hall–Kier alpha value is -3.61. The number of ether oxygens (including phenoxy) is 4. The van der Waals surface area contributed by atoms with Gasteiger partial charge in [-0.25, -0.2) is 4.79 Å². The van der Waals surface area contributed by atoms with Crippen molar-refractivity contribution in [2.24, 2.45) is 5.73 Å². The first kappa shape index (κ1) is 29.4. The molecule has 0 aliphatic carbocycles. The number of hydrogen-bond acceptors (Lipinski definition) is 12. The molecule has 3 aliphatic heterocycles. The zero-order valence-corrected chi connectivity index (χ0v) is 21.3. The molecule has 3 aliphatic rings. The minimum atomic E-state index is -1.84. The number of H-pyrrole nitrogens is 1. The molecule has 1 aromatic rings. The fraction of sp³-hybridized carbons (Fsp3) is 0.609. The van der Waals surface area contributed by atoms with Crippen LogP contribution in [0, 0.1) is 0 Å². The quantitative estimate of drug-likeness (QED) is 0.156. The van der Waals surface area contributed by atoms with Gasteiger partial charge in [-0.15, -0.1) is 0 Å². The number of methoxy groups -OCH3 is 1. The van der Waals surface area contributed by atoms with Crippen molar-refractivity contribution in [3.63, 3.8) is 0 Å². The smallest absolute Gasteiger partial charge is 0.330 e. The second-order valence-corrected chi connectivity index (χ2v) is 9.47.